The molecule has 0 atom stereocenters. The third-order valence-electron chi connectivity index (χ3n) is 3.99. The van der Waals surface area contributed by atoms with E-state index in [1.165, 1.54) is 11.1 Å². The van der Waals surface area contributed by atoms with Crippen molar-refractivity contribution in [3.05, 3.63) is 59.7 Å². The molecule has 0 aromatic heterocycles. The Kier molecular flexibility index (Phi) is 6.54. The Morgan fingerprint density at radius 1 is 0.593 bits per heavy atom. The van der Waals surface area contributed by atoms with Gasteiger partial charge in [-0.15, -0.1) is 0 Å². The van der Waals surface area contributed by atoms with Crippen molar-refractivity contribution in [1.82, 2.24) is 0 Å². The van der Waals surface area contributed by atoms with Gasteiger partial charge in [-0.1, -0.05) is 38.1 Å². The second-order valence-corrected chi connectivity index (χ2v) is 9.70. The minimum Gasteiger partial charge on any atom is -0.488 e. The van der Waals surface area contributed by atoms with Gasteiger partial charge in [0.15, 0.2) is 0 Å². The van der Waals surface area contributed by atoms with Gasteiger partial charge in [0.05, 0.1) is 5.60 Å². The maximum Gasteiger partial charge on any atom is 0.225 e. The quantitative estimate of drug-likeness (QED) is 0.501. The molecular weight excluding hydrogens is 356 g/mol. The third-order valence-corrected chi connectivity index (χ3v) is 4.82. The molecule has 0 spiro atoms. The van der Waals surface area contributed by atoms with Crippen LogP contribution in [0.25, 0.3) is 0 Å². The molecule has 2 rings (SSSR count). The van der Waals surface area contributed by atoms with Crippen molar-refractivity contribution in [3.63, 3.8) is 0 Å². The average Bonchev–Trinajstić information content (AvgIpc) is 2.53. The predicted molar refractivity (Wildman–Crippen MR) is 114 cm³/mol. The molecule has 0 radical (unpaired) electrons. The zero-order chi connectivity index (χ0) is 20.3. The Hall–Kier alpha value is -1.65. The Balaban J connectivity index is 2.07. The Morgan fingerprint density at radius 3 is 1.44 bits per heavy atom. The molecule has 27 heavy (non-hydrogen) atoms. The van der Waals surface area contributed by atoms with E-state index in [9.17, 15) is 0 Å². The fourth-order valence-corrected chi connectivity index (χ4v) is 2.97. The van der Waals surface area contributed by atoms with Crippen molar-refractivity contribution >= 4 is 12.3 Å². The SMILES string of the molecule is CC(C)(C)OSOc1ccc(C(C)(C)c2ccc(OC(C)(C)C)cc2)cc1. The van der Waals surface area contributed by atoms with Crippen LogP contribution in [0.5, 0.6) is 11.5 Å². The highest BCUT2D eigenvalue weighted by molar-refractivity contribution is 7.90. The molecule has 0 aliphatic heterocycles. The van der Waals surface area contributed by atoms with Crippen LogP contribution in [0.15, 0.2) is 48.5 Å². The number of benzene rings is 2. The van der Waals surface area contributed by atoms with Crippen LogP contribution in [0.4, 0.5) is 0 Å². The highest BCUT2D eigenvalue weighted by atomic mass is 32.2. The van der Waals surface area contributed by atoms with E-state index in [0.717, 1.165) is 23.8 Å². The lowest BCUT2D eigenvalue weighted by molar-refractivity contribution is 0.131. The summed E-state index contributed by atoms with van der Waals surface area (Å²) in [5.41, 5.74) is 1.91. The molecule has 0 bridgehead atoms. The molecule has 0 aliphatic rings. The average molecular weight is 389 g/mol. The van der Waals surface area contributed by atoms with Crippen LogP contribution in [0, 0.1) is 0 Å². The van der Waals surface area contributed by atoms with E-state index in [-0.39, 0.29) is 16.6 Å². The van der Waals surface area contributed by atoms with Gasteiger partial charge in [-0.25, -0.2) is 0 Å². The van der Waals surface area contributed by atoms with Gasteiger partial charge in [0.25, 0.3) is 0 Å². The lowest BCUT2D eigenvalue weighted by Crippen LogP contribution is -2.23. The van der Waals surface area contributed by atoms with E-state index in [1.807, 2.05) is 45.0 Å². The van der Waals surface area contributed by atoms with Gasteiger partial charge in [0, 0.05) is 5.41 Å². The van der Waals surface area contributed by atoms with Crippen LogP contribution in [0.3, 0.4) is 0 Å². The number of hydrogen-bond acceptors (Lipinski definition) is 4. The van der Waals surface area contributed by atoms with E-state index >= 15 is 0 Å². The highest BCUT2D eigenvalue weighted by Gasteiger charge is 2.23. The second-order valence-electron chi connectivity index (χ2n) is 9.24. The van der Waals surface area contributed by atoms with E-state index in [1.54, 1.807) is 0 Å². The van der Waals surface area contributed by atoms with Gasteiger partial charge in [-0.05, 0) is 76.9 Å². The first-order valence-electron chi connectivity index (χ1n) is 9.29. The second kappa shape index (κ2) is 8.15. The summed E-state index contributed by atoms with van der Waals surface area (Å²) in [5.74, 6) is 1.67. The molecule has 2 aromatic carbocycles. The Labute approximate surface area is 168 Å². The largest absolute Gasteiger partial charge is 0.488 e. The molecule has 0 amide bonds. The first-order valence-corrected chi connectivity index (χ1v) is 9.96. The van der Waals surface area contributed by atoms with Gasteiger partial charge in [0.2, 0.25) is 12.3 Å². The third kappa shape index (κ3) is 6.78. The smallest absolute Gasteiger partial charge is 0.225 e. The van der Waals surface area contributed by atoms with Gasteiger partial charge in [-0.3, -0.25) is 4.18 Å². The van der Waals surface area contributed by atoms with E-state index in [0.29, 0.717) is 0 Å². The fraction of sp³-hybridized carbons (Fsp3) is 0.478. The molecule has 0 saturated heterocycles. The van der Waals surface area contributed by atoms with Gasteiger partial charge in [-0.2, -0.15) is 0 Å². The Bertz CT molecular complexity index is 720. The summed E-state index contributed by atoms with van der Waals surface area (Å²) in [6.45, 7) is 16.6. The van der Waals surface area contributed by atoms with Crippen molar-refractivity contribution in [2.24, 2.45) is 0 Å². The minimum atomic E-state index is -0.241. The number of ether oxygens (including phenoxy) is 1. The van der Waals surface area contributed by atoms with Crippen molar-refractivity contribution in [1.29, 1.82) is 0 Å². The van der Waals surface area contributed by atoms with Gasteiger partial charge >= 0.3 is 0 Å². The zero-order valence-electron chi connectivity index (χ0n) is 17.8. The predicted octanol–water partition coefficient (Wildman–Crippen LogP) is 6.95. The van der Waals surface area contributed by atoms with Crippen molar-refractivity contribution < 1.29 is 13.1 Å². The lowest BCUT2D eigenvalue weighted by atomic mass is 9.78. The molecule has 4 heteroatoms. The summed E-state index contributed by atoms with van der Waals surface area (Å²) in [7, 11) is 0. The summed E-state index contributed by atoms with van der Waals surface area (Å²) in [6, 6.07) is 16.5. The molecule has 0 fully saturated rings. The molecule has 0 unspecified atom stereocenters. The summed E-state index contributed by atoms with van der Waals surface area (Å²) >= 11 is 1.02. The molecule has 0 N–H and O–H groups in total. The van der Waals surface area contributed by atoms with Crippen LogP contribution in [0.2, 0.25) is 0 Å². The van der Waals surface area contributed by atoms with Crippen LogP contribution in [0.1, 0.15) is 66.5 Å². The van der Waals surface area contributed by atoms with Crippen molar-refractivity contribution in [2.45, 2.75) is 72.0 Å². The summed E-state index contributed by atoms with van der Waals surface area (Å²) < 4.78 is 17.0. The van der Waals surface area contributed by atoms with Crippen LogP contribution in [-0.2, 0) is 9.60 Å². The fourth-order valence-electron chi connectivity index (χ4n) is 2.55. The first kappa shape index (κ1) is 21.6. The van der Waals surface area contributed by atoms with Crippen LogP contribution in [-0.4, -0.2) is 11.2 Å². The maximum absolute atomic E-state index is 5.92. The normalized spacial score (nSPS) is 12.7. The maximum atomic E-state index is 5.92. The van der Waals surface area contributed by atoms with E-state index in [2.05, 4.69) is 58.9 Å². The van der Waals surface area contributed by atoms with E-state index in [4.69, 9.17) is 13.1 Å². The summed E-state index contributed by atoms with van der Waals surface area (Å²) in [4.78, 5) is 0. The van der Waals surface area contributed by atoms with Crippen LogP contribution >= 0.6 is 12.3 Å². The summed E-state index contributed by atoms with van der Waals surface area (Å²) in [6.07, 6.45) is 0. The molecule has 0 aliphatic carbocycles. The first-order chi connectivity index (χ1) is 12.4. The molecule has 2 aromatic rings. The van der Waals surface area contributed by atoms with Crippen molar-refractivity contribution in [3.8, 4) is 11.5 Å². The standard InChI is InChI=1S/C23H32O3S/c1-21(2,3)24-19-13-9-17(10-14-19)23(7,8)18-11-15-20(16-12-18)25-27-26-22(4,5)6/h9-16H,1-8H3. The topological polar surface area (TPSA) is 27.7 Å². The lowest BCUT2D eigenvalue weighted by Gasteiger charge is -2.27. The monoisotopic (exact) mass is 388 g/mol. The molecule has 0 saturated carbocycles. The molecule has 3 nitrogen and oxygen atoms in total. The number of hydrogen-bond donors (Lipinski definition) is 0. The highest BCUT2D eigenvalue weighted by Crippen LogP contribution is 2.34. The van der Waals surface area contributed by atoms with Gasteiger partial charge < -0.3 is 8.92 Å². The van der Waals surface area contributed by atoms with E-state index < -0.39 is 0 Å². The number of rotatable bonds is 6. The Morgan fingerprint density at radius 2 is 1.04 bits per heavy atom. The molecule has 0 heterocycles. The zero-order valence-corrected chi connectivity index (χ0v) is 18.6. The van der Waals surface area contributed by atoms with Gasteiger partial charge in [0.1, 0.15) is 17.1 Å². The van der Waals surface area contributed by atoms with Crippen LogP contribution < -0.4 is 8.92 Å². The van der Waals surface area contributed by atoms with Crippen molar-refractivity contribution in [2.75, 3.05) is 0 Å². The molecular formula is C23H32O3S. The summed E-state index contributed by atoms with van der Waals surface area (Å²) in [5, 5.41) is 0. The molecule has 148 valence electrons. The minimum absolute atomic E-state index is 0.117.